The fraction of sp³-hybridized carbons (Fsp3) is 0.941. The van der Waals surface area contributed by atoms with Crippen LogP contribution in [0.4, 0.5) is 4.79 Å². The molecule has 0 aromatic heterocycles. The largest absolute Gasteiger partial charge is 0.444 e. The first kappa shape index (κ1) is 18.5. The number of amides is 1. The molecule has 0 aromatic carbocycles. The Labute approximate surface area is 140 Å². The van der Waals surface area contributed by atoms with E-state index in [-0.39, 0.29) is 6.09 Å². The fourth-order valence-corrected chi connectivity index (χ4v) is 3.12. The number of piperazine rings is 1. The molecule has 0 aliphatic carbocycles. The van der Waals surface area contributed by atoms with Gasteiger partial charge in [0.2, 0.25) is 0 Å². The summed E-state index contributed by atoms with van der Waals surface area (Å²) >= 11 is 0. The van der Waals surface area contributed by atoms with E-state index < -0.39 is 5.60 Å². The summed E-state index contributed by atoms with van der Waals surface area (Å²) < 4.78 is 5.43. The third-order valence-electron chi connectivity index (χ3n) is 4.40. The smallest absolute Gasteiger partial charge is 0.410 e. The van der Waals surface area contributed by atoms with Gasteiger partial charge in [0.05, 0.1) is 0 Å². The Balaban J connectivity index is 1.51. The second kappa shape index (κ2) is 8.85. The van der Waals surface area contributed by atoms with Gasteiger partial charge in [0.15, 0.2) is 0 Å². The summed E-state index contributed by atoms with van der Waals surface area (Å²) in [5.74, 6) is 0. The van der Waals surface area contributed by atoms with Crippen LogP contribution in [0.25, 0.3) is 0 Å². The van der Waals surface area contributed by atoms with E-state index in [2.05, 4.69) is 15.5 Å². The molecule has 2 rings (SSSR count). The molecule has 2 N–H and O–H groups in total. The minimum Gasteiger partial charge on any atom is -0.444 e. The van der Waals surface area contributed by atoms with Gasteiger partial charge in [0, 0.05) is 38.8 Å². The summed E-state index contributed by atoms with van der Waals surface area (Å²) in [6.45, 7) is 13.6. The summed E-state index contributed by atoms with van der Waals surface area (Å²) in [5, 5.41) is 7.05. The van der Waals surface area contributed by atoms with Crippen molar-refractivity contribution in [2.45, 2.75) is 51.7 Å². The molecular weight excluding hydrogens is 292 g/mol. The van der Waals surface area contributed by atoms with Crippen LogP contribution in [-0.2, 0) is 4.74 Å². The van der Waals surface area contributed by atoms with Gasteiger partial charge in [-0.1, -0.05) is 0 Å². The molecule has 134 valence electrons. The minimum absolute atomic E-state index is 0.178. The fourth-order valence-electron chi connectivity index (χ4n) is 3.12. The number of rotatable bonds is 6. The Morgan fingerprint density at radius 1 is 1.26 bits per heavy atom. The van der Waals surface area contributed by atoms with E-state index >= 15 is 0 Å². The molecule has 0 spiro atoms. The van der Waals surface area contributed by atoms with Crippen LogP contribution >= 0.6 is 0 Å². The lowest BCUT2D eigenvalue weighted by atomic mass is 10.2. The lowest BCUT2D eigenvalue weighted by molar-refractivity contribution is 0.0144. The zero-order valence-corrected chi connectivity index (χ0v) is 15.1. The first-order chi connectivity index (χ1) is 10.9. The predicted octanol–water partition coefficient (Wildman–Crippen LogP) is 1.27. The van der Waals surface area contributed by atoms with Crippen molar-refractivity contribution in [3.8, 4) is 0 Å². The molecule has 6 heteroatoms. The quantitative estimate of drug-likeness (QED) is 0.720. The van der Waals surface area contributed by atoms with Crippen molar-refractivity contribution in [1.82, 2.24) is 20.4 Å². The van der Waals surface area contributed by atoms with Crippen LogP contribution in [-0.4, -0.2) is 79.9 Å². The van der Waals surface area contributed by atoms with Gasteiger partial charge in [-0.05, 0) is 59.7 Å². The maximum atomic E-state index is 12.0. The van der Waals surface area contributed by atoms with Gasteiger partial charge in [-0.2, -0.15) is 0 Å². The number of hydrogen-bond donors (Lipinski definition) is 2. The van der Waals surface area contributed by atoms with E-state index in [4.69, 9.17) is 4.74 Å². The zero-order chi connectivity index (χ0) is 16.7. The van der Waals surface area contributed by atoms with Crippen molar-refractivity contribution in [2.75, 3.05) is 52.4 Å². The molecule has 2 aliphatic rings. The van der Waals surface area contributed by atoms with Crippen LogP contribution in [0, 0.1) is 0 Å². The predicted molar refractivity (Wildman–Crippen MR) is 92.8 cm³/mol. The van der Waals surface area contributed by atoms with Crippen molar-refractivity contribution in [2.24, 2.45) is 0 Å². The molecule has 1 atom stereocenters. The van der Waals surface area contributed by atoms with E-state index in [0.29, 0.717) is 6.04 Å². The highest BCUT2D eigenvalue weighted by atomic mass is 16.6. The molecule has 1 amide bonds. The van der Waals surface area contributed by atoms with Crippen LogP contribution < -0.4 is 10.6 Å². The molecule has 2 saturated heterocycles. The van der Waals surface area contributed by atoms with Crippen molar-refractivity contribution in [3.63, 3.8) is 0 Å². The highest BCUT2D eigenvalue weighted by Crippen LogP contribution is 2.12. The summed E-state index contributed by atoms with van der Waals surface area (Å²) in [7, 11) is 0. The van der Waals surface area contributed by atoms with E-state index in [0.717, 1.165) is 45.8 Å². The van der Waals surface area contributed by atoms with Crippen molar-refractivity contribution in [1.29, 1.82) is 0 Å². The van der Waals surface area contributed by atoms with Crippen molar-refractivity contribution in [3.05, 3.63) is 0 Å². The molecule has 0 radical (unpaired) electrons. The number of hydrogen-bond acceptors (Lipinski definition) is 5. The van der Waals surface area contributed by atoms with Gasteiger partial charge in [-0.3, -0.25) is 4.90 Å². The SMILES string of the molecule is CC(C)(C)OC(=O)N1CCN(CCCNCC2CCCN2)CC1. The van der Waals surface area contributed by atoms with Crippen molar-refractivity contribution < 1.29 is 9.53 Å². The van der Waals surface area contributed by atoms with Crippen LogP contribution in [0.15, 0.2) is 0 Å². The van der Waals surface area contributed by atoms with Crippen LogP contribution in [0.2, 0.25) is 0 Å². The highest BCUT2D eigenvalue weighted by Gasteiger charge is 2.25. The number of ether oxygens (including phenoxy) is 1. The minimum atomic E-state index is -0.409. The maximum absolute atomic E-state index is 12.0. The van der Waals surface area contributed by atoms with Crippen molar-refractivity contribution >= 4 is 6.09 Å². The summed E-state index contributed by atoms with van der Waals surface area (Å²) in [6.07, 6.45) is 3.61. The normalized spacial score (nSPS) is 23.3. The number of nitrogens with zero attached hydrogens (tertiary/aromatic N) is 2. The van der Waals surface area contributed by atoms with Gasteiger partial charge < -0.3 is 20.3 Å². The standard InChI is InChI=1S/C17H34N4O2/c1-17(2,3)23-16(22)21-12-10-20(11-13-21)9-5-7-18-14-15-6-4-8-19-15/h15,18-19H,4-14H2,1-3H3. The average molecular weight is 326 g/mol. The molecule has 2 heterocycles. The average Bonchev–Trinajstić information content (AvgIpc) is 2.99. The number of carbonyl (C=O) groups is 1. The number of nitrogens with one attached hydrogen (secondary N) is 2. The molecule has 1 unspecified atom stereocenters. The third-order valence-corrected chi connectivity index (χ3v) is 4.40. The molecule has 23 heavy (non-hydrogen) atoms. The molecule has 6 nitrogen and oxygen atoms in total. The summed E-state index contributed by atoms with van der Waals surface area (Å²) in [6, 6.07) is 0.673. The summed E-state index contributed by atoms with van der Waals surface area (Å²) in [5.41, 5.74) is -0.409. The van der Waals surface area contributed by atoms with Gasteiger partial charge in [0.25, 0.3) is 0 Å². The topological polar surface area (TPSA) is 56.8 Å². The zero-order valence-electron chi connectivity index (χ0n) is 15.1. The second-order valence-corrected chi connectivity index (χ2v) is 7.66. The highest BCUT2D eigenvalue weighted by molar-refractivity contribution is 5.68. The summed E-state index contributed by atoms with van der Waals surface area (Å²) in [4.78, 5) is 16.3. The Bertz CT molecular complexity index is 356. The van der Waals surface area contributed by atoms with Gasteiger partial charge in [-0.15, -0.1) is 0 Å². The molecule has 2 fully saturated rings. The first-order valence-corrected chi connectivity index (χ1v) is 9.08. The van der Waals surface area contributed by atoms with Crippen LogP contribution in [0.3, 0.4) is 0 Å². The van der Waals surface area contributed by atoms with E-state index in [1.54, 1.807) is 0 Å². The monoisotopic (exact) mass is 326 g/mol. The first-order valence-electron chi connectivity index (χ1n) is 9.08. The van der Waals surface area contributed by atoms with Crippen LogP contribution in [0.1, 0.15) is 40.0 Å². The Morgan fingerprint density at radius 2 is 2.00 bits per heavy atom. The Kier molecular flexibility index (Phi) is 7.11. The lowest BCUT2D eigenvalue weighted by Crippen LogP contribution is -2.50. The molecule has 0 saturated carbocycles. The van der Waals surface area contributed by atoms with Gasteiger partial charge in [0.1, 0.15) is 5.60 Å². The Morgan fingerprint density at radius 3 is 2.61 bits per heavy atom. The van der Waals surface area contributed by atoms with E-state index in [1.807, 2.05) is 25.7 Å². The molecule has 2 aliphatic heterocycles. The molecule has 0 aromatic rings. The van der Waals surface area contributed by atoms with E-state index in [9.17, 15) is 4.79 Å². The van der Waals surface area contributed by atoms with E-state index in [1.165, 1.54) is 25.8 Å². The second-order valence-electron chi connectivity index (χ2n) is 7.66. The third kappa shape index (κ3) is 7.06. The van der Waals surface area contributed by atoms with Gasteiger partial charge >= 0.3 is 6.09 Å². The number of carbonyl (C=O) groups excluding carboxylic acids is 1. The molecule has 0 bridgehead atoms. The molecular formula is C17H34N4O2. The maximum Gasteiger partial charge on any atom is 0.410 e. The van der Waals surface area contributed by atoms with Crippen LogP contribution in [0.5, 0.6) is 0 Å². The Hall–Kier alpha value is -0.850. The van der Waals surface area contributed by atoms with Gasteiger partial charge in [-0.25, -0.2) is 4.79 Å². The lowest BCUT2D eigenvalue weighted by Gasteiger charge is -2.35.